The molecular weight excluding hydrogens is 829 g/mol. The molecule has 0 amide bonds. The van der Waals surface area contributed by atoms with E-state index < -0.39 is 0 Å². The first-order valence-corrected chi connectivity index (χ1v) is 23.7. The van der Waals surface area contributed by atoms with Gasteiger partial charge in [-0.15, -0.1) is 11.3 Å². The average molecular weight is 871 g/mol. The van der Waals surface area contributed by atoms with Crippen LogP contribution in [-0.2, 0) is 0 Å². The smallest absolute Gasteiger partial charge is 0.0541 e. The lowest BCUT2D eigenvalue weighted by Crippen LogP contribution is -2.11. The third-order valence-electron chi connectivity index (χ3n) is 13.4. The van der Waals surface area contributed by atoms with Crippen LogP contribution >= 0.6 is 11.3 Å². The minimum atomic E-state index is 1.09. The fourth-order valence-electron chi connectivity index (χ4n) is 10.2. The lowest BCUT2D eigenvalue weighted by molar-refractivity contribution is 1.18. The topological polar surface area (TPSA) is 8.17 Å². The second kappa shape index (κ2) is 16.2. The van der Waals surface area contributed by atoms with Gasteiger partial charge in [0.15, 0.2) is 0 Å². The van der Waals surface area contributed by atoms with Crippen molar-refractivity contribution in [2.45, 2.75) is 0 Å². The number of para-hydroxylation sites is 3. The van der Waals surface area contributed by atoms with Crippen LogP contribution in [0.25, 0.3) is 103 Å². The summed E-state index contributed by atoms with van der Waals surface area (Å²) in [4.78, 5) is 2.43. The highest BCUT2D eigenvalue weighted by atomic mass is 32.1. The summed E-state index contributed by atoms with van der Waals surface area (Å²) in [5, 5.41) is 7.62. The molecule has 0 saturated heterocycles. The van der Waals surface area contributed by atoms with E-state index in [9.17, 15) is 0 Å². The van der Waals surface area contributed by atoms with Crippen molar-refractivity contribution < 1.29 is 0 Å². The highest BCUT2D eigenvalue weighted by molar-refractivity contribution is 7.25. The molecule has 2 nitrogen and oxygen atoms in total. The van der Waals surface area contributed by atoms with Crippen LogP contribution in [0.15, 0.2) is 255 Å². The molecule has 13 rings (SSSR count). The third kappa shape index (κ3) is 6.79. The van der Waals surface area contributed by atoms with E-state index in [4.69, 9.17) is 0 Å². The Balaban J connectivity index is 0.916. The standard InChI is InChI=1S/C64H42N2S/c1-2-15-46-41-50(31-30-43(46)14-1)48-17-11-16-47(40-48)44-32-36-51(37-33-44)65(59-25-7-5-22-56(59)57-24-13-29-63-64(57)58-23-6-10-28-62(58)67-63)52-38-34-45(35-39-52)49-18-12-19-53(42-49)66-60-26-8-3-20-54(60)55-21-4-9-27-61(55)66/h1-42H. The van der Waals surface area contributed by atoms with Crippen molar-refractivity contribution in [3.05, 3.63) is 255 Å². The Morgan fingerprint density at radius 2 is 0.821 bits per heavy atom. The molecule has 0 atom stereocenters. The van der Waals surface area contributed by atoms with Gasteiger partial charge in [-0.25, -0.2) is 0 Å². The summed E-state index contributed by atoms with van der Waals surface area (Å²) in [6, 6.07) is 93.2. The molecule has 13 aromatic rings. The van der Waals surface area contributed by atoms with Crippen molar-refractivity contribution in [1.29, 1.82) is 0 Å². The summed E-state index contributed by atoms with van der Waals surface area (Å²) in [6.45, 7) is 0. The first-order chi connectivity index (χ1) is 33.2. The zero-order chi connectivity index (χ0) is 44.3. The van der Waals surface area contributed by atoms with Gasteiger partial charge in [0.1, 0.15) is 0 Å². The van der Waals surface area contributed by atoms with E-state index in [1.54, 1.807) is 0 Å². The van der Waals surface area contributed by atoms with Gasteiger partial charge in [0.05, 0.1) is 16.7 Å². The summed E-state index contributed by atoms with van der Waals surface area (Å²) in [5.41, 5.74) is 16.4. The molecule has 0 fully saturated rings. The molecule has 11 aromatic carbocycles. The molecule has 0 saturated carbocycles. The van der Waals surface area contributed by atoms with Crippen LogP contribution in [0, 0.1) is 0 Å². The number of hydrogen-bond acceptors (Lipinski definition) is 2. The molecule has 0 radical (unpaired) electrons. The molecule has 2 aromatic heterocycles. The first-order valence-electron chi connectivity index (χ1n) is 22.9. The minimum Gasteiger partial charge on any atom is -0.310 e. The first kappa shape index (κ1) is 38.9. The summed E-state index contributed by atoms with van der Waals surface area (Å²) < 4.78 is 4.99. The van der Waals surface area contributed by atoms with Crippen LogP contribution in [-0.4, -0.2) is 4.57 Å². The Kier molecular flexibility index (Phi) is 9.40. The summed E-state index contributed by atoms with van der Waals surface area (Å²) in [6.07, 6.45) is 0. The monoisotopic (exact) mass is 870 g/mol. The highest BCUT2D eigenvalue weighted by Gasteiger charge is 2.21. The molecule has 314 valence electrons. The zero-order valence-electron chi connectivity index (χ0n) is 36.6. The SMILES string of the molecule is c1cc(-c2ccc(N(c3ccc(-c4cccc(-n5c6ccccc6c6ccccc65)c4)cc3)c3ccccc3-c3cccc4sc5ccccc5c34)cc2)cc(-c2ccc3ccccc3c2)c1. The Morgan fingerprint density at radius 3 is 1.55 bits per heavy atom. The Hall–Kier alpha value is -8.50. The van der Waals surface area contributed by atoms with Crippen molar-refractivity contribution in [2.24, 2.45) is 0 Å². The van der Waals surface area contributed by atoms with Crippen LogP contribution in [0.5, 0.6) is 0 Å². The lowest BCUT2D eigenvalue weighted by Gasteiger charge is -2.28. The summed E-state index contributed by atoms with van der Waals surface area (Å²) in [5.74, 6) is 0. The number of fused-ring (bicyclic) bond motifs is 7. The van der Waals surface area contributed by atoms with Crippen molar-refractivity contribution >= 4 is 81.1 Å². The van der Waals surface area contributed by atoms with E-state index in [0.29, 0.717) is 0 Å². The second-order valence-electron chi connectivity index (χ2n) is 17.3. The van der Waals surface area contributed by atoms with Gasteiger partial charge in [-0.05, 0) is 129 Å². The van der Waals surface area contributed by atoms with Crippen LogP contribution in [0.2, 0.25) is 0 Å². The van der Waals surface area contributed by atoms with Crippen LogP contribution in [0.3, 0.4) is 0 Å². The quantitative estimate of drug-likeness (QED) is 0.148. The largest absolute Gasteiger partial charge is 0.310 e. The van der Waals surface area contributed by atoms with Crippen LogP contribution < -0.4 is 4.90 Å². The molecule has 0 unspecified atom stereocenters. The molecule has 0 N–H and O–H groups in total. The number of thiophene rings is 1. The minimum absolute atomic E-state index is 1.09. The Morgan fingerprint density at radius 1 is 0.313 bits per heavy atom. The van der Waals surface area contributed by atoms with E-state index >= 15 is 0 Å². The molecule has 0 aliphatic heterocycles. The van der Waals surface area contributed by atoms with E-state index in [0.717, 1.165) is 28.3 Å². The van der Waals surface area contributed by atoms with Gasteiger partial charge in [-0.2, -0.15) is 0 Å². The predicted molar refractivity (Wildman–Crippen MR) is 288 cm³/mol. The average Bonchev–Trinajstić information content (AvgIpc) is 3.96. The zero-order valence-corrected chi connectivity index (χ0v) is 37.4. The van der Waals surface area contributed by atoms with Gasteiger partial charge in [0.2, 0.25) is 0 Å². The maximum atomic E-state index is 2.43. The molecule has 67 heavy (non-hydrogen) atoms. The highest BCUT2D eigenvalue weighted by Crippen LogP contribution is 2.46. The van der Waals surface area contributed by atoms with Crippen molar-refractivity contribution in [3.8, 4) is 50.2 Å². The molecule has 0 bridgehead atoms. The van der Waals surface area contributed by atoms with Gasteiger partial charge in [-0.1, -0.05) is 176 Å². The fourth-order valence-corrected chi connectivity index (χ4v) is 11.3. The van der Waals surface area contributed by atoms with Gasteiger partial charge < -0.3 is 9.47 Å². The van der Waals surface area contributed by atoms with Crippen molar-refractivity contribution in [2.75, 3.05) is 4.90 Å². The Bertz CT molecular complexity index is 3930. The summed E-state index contributed by atoms with van der Waals surface area (Å²) >= 11 is 1.86. The second-order valence-corrected chi connectivity index (χ2v) is 18.4. The van der Waals surface area contributed by atoms with E-state index in [2.05, 4.69) is 264 Å². The maximum absolute atomic E-state index is 2.43. The van der Waals surface area contributed by atoms with Gasteiger partial charge in [0, 0.05) is 53.6 Å². The van der Waals surface area contributed by atoms with Gasteiger partial charge in [0.25, 0.3) is 0 Å². The van der Waals surface area contributed by atoms with Crippen molar-refractivity contribution in [3.63, 3.8) is 0 Å². The van der Waals surface area contributed by atoms with E-state index in [1.165, 1.54) is 91.7 Å². The fraction of sp³-hybridized carbons (Fsp3) is 0. The Labute approximate surface area is 393 Å². The third-order valence-corrected chi connectivity index (χ3v) is 14.5. The normalized spacial score (nSPS) is 11.6. The van der Waals surface area contributed by atoms with Gasteiger partial charge in [-0.3, -0.25) is 0 Å². The van der Waals surface area contributed by atoms with Crippen molar-refractivity contribution in [1.82, 2.24) is 4.57 Å². The predicted octanol–water partition coefficient (Wildman–Crippen LogP) is 18.4. The van der Waals surface area contributed by atoms with Crippen LogP contribution in [0.4, 0.5) is 17.1 Å². The number of anilines is 3. The van der Waals surface area contributed by atoms with E-state index in [-0.39, 0.29) is 0 Å². The summed E-state index contributed by atoms with van der Waals surface area (Å²) in [7, 11) is 0. The molecular formula is C64H42N2S. The molecule has 0 aliphatic carbocycles. The van der Waals surface area contributed by atoms with Gasteiger partial charge >= 0.3 is 0 Å². The van der Waals surface area contributed by atoms with Crippen LogP contribution in [0.1, 0.15) is 0 Å². The number of nitrogens with zero attached hydrogens (tertiary/aromatic N) is 2. The number of hydrogen-bond donors (Lipinski definition) is 0. The molecule has 2 heterocycles. The number of aromatic nitrogens is 1. The molecule has 3 heteroatoms. The number of benzene rings is 11. The molecule has 0 aliphatic rings. The molecule has 0 spiro atoms. The number of rotatable bonds is 8. The van der Waals surface area contributed by atoms with E-state index in [1.807, 2.05) is 11.3 Å². The maximum Gasteiger partial charge on any atom is 0.0541 e. The lowest BCUT2D eigenvalue weighted by atomic mass is 9.96.